The van der Waals surface area contributed by atoms with Crippen molar-refractivity contribution in [1.82, 2.24) is 24.9 Å². The van der Waals surface area contributed by atoms with Crippen LogP contribution in [0.15, 0.2) is 176 Å². The molecule has 482 valence electrons. The van der Waals surface area contributed by atoms with E-state index in [9.17, 15) is 5.11 Å². The highest BCUT2D eigenvalue weighted by Gasteiger charge is 2.44. The van der Waals surface area contributed by atoms with Crippen LogP contribution in [0.3, 0.4) is 0 Å². The molecule has 2 saturated heterocycles. The minimum Gasteiger partial charge on any atom is -0.508 e. The van der Waals surface area contributed by atoms with E-state index in [4.69, 9.17) is 37.9 Å². The quantitative estimate of drug-likeness (QED) is 0.0396. The lowest BCUT2D eigenvalue weighted by atomic mass is 9.91. The molecule has 17 nitrogen and oxygen atoms in total. The van der Waals surface area contributed by atoms with Gasteiger partial charge < -0.3 is 58.1 Å². The number of nitrogens with one attached hydrogen (secondary N) is 1. The second-order valence-corrected chi connectivity index (χ2v) is 24.1. The Bertz CT molecular complexity index is 3520. The molecular formula is C75H86N6O11. The van der Waals surface area contributed by atoms with Gasteiger partial charge in [-0.3, -0.25) is 24.3 Å². The maximum absolute atomic E-state index is 15.6. The van der Waals surface area contributed by atoms with Crippen LogP contribution in [0.1, 0.15) is 63.0 Å². The number of para-hydroxylation sites is 1. The van der Waals surface area contributed by atoms with Crippen molar-refractivity contribution in [3.63, 3.8) is 0 Å². The number of nitrogens with zero attached hydrogens (tertiary/aromatic N) is 5. The number of benzene rings is 7. The zero-order valence-electron chi connectivity index (χ0n) is 52.6. The van der Waals surface area contributed by atoms with E-state index in [0.717, 1.165) is 123 Å². The Balaban J connectivity index is 0.565. The van der Waals surface area contributed by atoms with Gasteiger partial charge in [0.2, 0.25) is 12.7 Å². The van der Waals surface area contributed by atoms with Crippen LogP contribution in [0.4, 0.5) is 11.4 Å². The molecule has 0 aliphatic carbocycles. The molecule has 2 fully saturated rings. The molecule has 5 aliphatic rings. The fourth-order valence-corrected chi connectivity index (χ4v) is 13.1. The Hall–Kier alpha value is -8.26. The van der Waals surface area contributed by atoms with Gasteiger partial charge in [-0.2, -0.15) is 0 Å². The molecule has 17 heteroatoms. The van der Waals surface area contributed by atoms with Crippen LogP contribution in [-0.2, 0) is 56.3 Å². The number of piperidine rings is 1. The number of amides is 2. The Morgan fingerprint density at radius 1 is 0.587 bits per heavy atom. The van der Waals surface area contributed by atoms with Gasteiger partial charge in [-0.15, -0.1) is 0 Å². The van der Waals surface area contributed by atoms with Crippen molar-refractivity contribution < 1.29 is 52.6 Å². The molecule has 5 heterocycles. The lowest BCUT2D eigenvalue weighted by molar-refractivity contribution is -0.121. The third kappa shape index (κ3) is 16.7. The number of anilines is 2. The number of carbonyl (C=O) groups is 2. The fraction of sp³-hybridized carbons (Fsp3) is 0.387. The highest BCUT2D eigenvalue weighted by Crippen LogP contribution is 2.46. The van der Waals surface area contributed by atoms with E-state index in [-0.39, 0.29) is 36.4 Å². The number of piperazine rings is 1. The van der Waals surface area contributed by atoms with Crippen LogP contribution in [0.2, 0.25) is 0 Å². The molecule has 0 saturated carbocycles. The Morgan fingerprint density at radius 2 is 1.23 bits per heavy atom. The Kier molecular flexibility index (Phi) is 22.5. The third-order valence-electron chi connectivity index (χ3n) is 18.0. The Morgan fingerprint density at radius 3 is 1.97 bits per heavy atom. The first-order valence-corrected chi connectivity index (χ1v) is 32.8. The van der Waals surface area contributed by atoms with Crippen molar-refractivity contribution in [1.29, 1.82) is 0 Å². The number of rotatable bonds is 31. The summed E-state index contributed by atoms with van der Waals surface area (Å²) in [5, 5.41) is 13.7. The standard InChI is InChI=1S/C75H86N6O11/c82-64-26-24-62(25-27-64)81(61-20-8-3-9-21-61)75(84)67-48-69(79-31-13-12-22-68(67)79)65-49-72-73(92-55-91-72)50-66(65)74(83)80-52-60-19-11-10-18-59(60)47-63(80)53-78-34-32-77(33-35-78)36-39-86-41-43-88-45-44-87-42-40-85-38-30-76-51-58-23-28-70(90-54-57-16-6-2-7-17-57)71(46-58)89-37-29-56-14-4-1-5-15-56/h1-11,14-21,23-28,46,48-50,63,67-68,76,82H,12-13,22,29-45,47,51-55H2/t63-,67?,68?/m0/s1. The summed E-state index contributed by atoms with van der Waals surface area (Å²) in [6.07, 6.45) is 6.45. The number of aromatic hydroxyl groups is 1. The third-order valence-corrected chi connectivity index (χ3v) is 18.0. The number of hydrogen-bond acceptors (Lipinski definition) is 15. The Labute approximate surface area is 540 Å². The summed E-state index contributed by atoms with van der Waals surface area (Å²) < 4.78 is 47.9. The number of ether oxygens (including phenoxy) is 8. The van der Waals surface area contributed by atoms with Gasteiger partial charge in [-0.25, -0.2) is 0 Å². The van der Waals surface area contributed by atoms with Gasteiger partial charge >= 0.3 is 0 Å². The predicted molar refractivity (Wildman–Crippen MR) is 355 cm³/mol. The van der Waals surface area contributed by atoms with Gasteiger partial charge in [0.1, 0.15) is 12.4 Å². The topological polar surface area (TPSA) is 156 Å². The van der Waals surface area contributed by atoms with Gasteiger partial charge in [0.05, 0.1) is 70.9 Å². The second kappa shape index (κ2) is 32.3. The van der Waals surface area contributed by atoms with Crippen LogP contribution < -0.4 is 29.2 Å². The number of hydrogen-bond donors (Lipinski definition) is 2. The van der Waals surface area contributed by atoms with Crippen LogP contribution in [0.25, 0.3) is 5.70 Å². The van der Waals surface area contributed by atoms with Crippen LogP contribution in [0.5, 0.6) is 28.7 Å². The van der Waals surface area contributed by atoms with E-state index >= 15 is 9.59 Å². The van der Waals surface area contributed by atoms with Gasteiger partial charge in [0.25, 0.3) is 5.91 Å². The summed E-state index contributed by atoms with van der Waals surface area (Å²) in [5.74, 6) is 2.10. The molecule has 7 aromatic rings. The van der Waals surface area contributed by atoms with E-state index in [1.165, 1.54) is 11.1 Å². The smallest absolute Gasteiger partial charge is 0.255 e. The number of phenolic OH excluding ortho intramolecular Hbond substituents is 1. The lowest BCUT2D eigenvalue weighted by Gasteiger charge is -2.42. The first-order valence-electron chi connectivity index (χ1n) is 32.8. The molecule has 5 aliphatic heterocycles. The highest BCUT2D eigenvalue weighted by atomic mass is 16.7. The van der Waals surface area contributed by atoms with Crippen molar-refractivity contribution in [2.75, 3.05) is 124 Å². The van der Waals surface area contributed by atoms with Gasteiger partial charge in [0.15, 0.2) is 23.0 Å². The first-order chi connectivity index (χ1) is 45.4. The molecular weight excluding hydrogens is 1160 g/mol. The maximum Gasteiger partial charge on any atom is 0.255 e. The molecule has 2 amide bonds. The van der Waals surface area contributed by atoms with Crippen molar-refractivity contribution in [3.05, 3.63) is 215 Å². The lowest BCUT2D eigenvalue weighted by Crippen LogP contribution is -2.54. The maximum atomic E-state index is 15.6. The van der Waals surface area contributed by atoms with E-state index in [2.05, 4.69) is 91.7 Å². The van der Waals surface area contributed by atoms with Crippen molar-refractivity contribution in [3.8, 4) is 28.7 Å². The summed E-state index contributed by atoms with van der Waals surface area (Å²) in [7, 11) is 0. The average Bonchev–Trinajstić information content (AvgIpc) is 1.55. The second-order valence-electron chi connectivity index (χ2n) is 24.1. The molecule has 0 spiro atoms. The van der Waals surface area contributed by atoms with Crippen LogP contribution >= 0.6 is 0 Å². The summed E-state index contributed by atoms with van der Waals surface area (Å²) in [5.41, 5.74) is 9.45. The molecule has 2 unspecified atom stereocenters. The van der Waals surface area contributed by atoms with E-state index in [1.807, 2.05) is 84.9 Å². The number of phenols is 1. The summed E-state index contributed by atoms with van der Waals surface area (Å²) in [4.78, 5) is 42.0. The highest BCUT2D eigenvalue weighted by molar-refractivity contribution is 6.05. The minimum atomic E-state index is -0.501. The number of fused-ring (bicyclic) bond motifs is 3. The minimum absolute atomic E-state index is 0.0635. The van der Waals surface area contributed by atoms with Gasteiger partial charge in [0, 0.05) is 107 Å². The molecule has 0 aromatic heterocycles. The van der Waals surface area contributed by atoms with E-state index in [1.54, 1.807) is 29.2 Å². The number of carbonyl (C=O) groups excluding carboxylic acids is 2. The van der Waals surface area contributed by atoms with Crippen molar-refractivity contribution in [2.24, 2.45) is 5.92 Å². The summed E-state index contributed by atoms with van der Waals surface area (Å²) in [6.45, 7) is 13.1. The molecule has 3 atom stereocenters. The van der Waals surface area contributed by atoms with Crippen LogP contribution in [0, 0.1) is 5.92 Å². The molecule has 0 bridgehead atoms. The van der Waals surface area contributed by atoms with Crippen molar-refractivity contribution in [2.45, 2.75) is 63.9 Å². The normalized spacial score (nSPS) is 17.9. The van der Waals surface area contributed by atoms with Crippen molar-refractivity contribution >= 4 is 28.9 Å². The molecule has 12 rings (SSSR count). The monoisotopic (exact) mass is 1250 g/mol. The SMILES string of the molecule is O=C(C1C=C(c2cc3c(cc2C(=O)N2Cc4ccccc4C[C@H]2CN2CCN(CCOCCOCCOCCOCCNCc4ccc(OCc5ccccc5)c(OCCc5ccccc5)c4)CC2)OCO3)N2CCCCC12)N(c1ccccc1)c1ccc(O)cc1. The zero-order chi connectivity index (χ0) is 62.7. The molecule has 92 heavy (non-hydrogen) atoms. The van der Waals surface area contributed by atoms with Gasteiger partial charge in [-0.05, 0) is 120 Å². The van der Waals surface area contributed by atoms with E-state index < -0.39 is 5.92 Å². The first kappa shape index (κ1) is 63.9. The predicted octanol–water partition coefficient (Wildman–Crippen LogP) is 10.6. The fourth-order valence-electron chi connectivity index (χ4n) is 13.1. The average molecular weight is 1250 g/mol. The summed E-state index contributed by atoms with van der Waals surface area (Å²) in [6, 6.07) is 55.2. The largest absolute Gasteiger partial charge is 0.508 e. The van der Waals surface area contributed by atoms with Gasteiger partial charge in [-0.1, -0.05) is 109 Å². The molecule has 7 aromatic carbocycles. The molecule has 2 N–H and O–H groups in total. The summed E-state index contributed by atoms with van der Waals surface area (Å²) >= 11 is 0. The van der Waals surface area contributed by atoms with E-state index in [0.29, 0.717) is 108 Å². The molecule has 0 radical (unpaired) electrons. The zero-order valence-corrected chi connectivity index (χ0v) is 52.6. The van der Waals surface area contributed by atoms with Crippen LogP contribution in [-0.4, -0.2) is 167 Å².